The van der Waals surface area contributed by atoms with Crippen LogP contribution in [0.1, 0.15) is 36.7 Å². The number of carbonyl (C=O) groups excluding carboxylic acids is 1. The van der Waals surface area contributed by atoms with E-state index in [1.54, 1.807) is 4.90 Å². The minimum Gasteiger partial charge on any atom is -0.341 e. The van der Waals surface area contributed by atoms with Crippen molar-refractivity contribution < 1.29 is 4.79 Å². The molecule has 2 heterocycles. The van der Waals surface area contributed by atoms with Gasteiger partial charge in [0.15, 0.2) is 0 Å². The van der Waals surface area contributed by atoms with Gasteiger partial charge >= 0.3 is 0 Å². The largest absolute Gasteiger partial charge is 0.341 e. The van der Waals surface area contributed by atoms with E-state index in [1.165, 1.54) is 5.56 Å². The summed E-state index contributed by atoms with van der Waals surface area (Å²) < 4.78 is 0. The van der Waals surface area contributed by atoms with Crippen molar-refractivity contribution in [3.63, 3.8) is 0 Å². The highest BCUT2D eigenvalue weighted by molar-refractivity contribution is 5.80. The first-order valence-corrected chi connectivity index (χ1v) is 4.89. The van der Waals surface area contributed by atoms with Gasteiger partial charge < -0.3 is 4.90 Å². The standard InChI is InChI=1S/C10H15N3O/c1-6(2)10-7-5-13(3)9(14)4-8(7)11-12-10/h6H,4-5H2,1-3H3,(H,11,12). The van der Waals surface area contributed by atoms with Crippen LogP contribution in [0.4, 0.5) is 0 Å². The van der Waals surface area contributed by atoms with Crippen LogP contribution in [0.15, 0.2) is 0 Å². The number of nitrogens with zero attached hydrogens (tertiary/aromatic N) is 2. The molecule has 0 unspecified atom stereocenters. The number of aromatic nitrogens is 2. The first kappa shape index (κ1) is 9.24. The zero-order valence-electron chi connectivity index (χ0n) is 8.79. The Morgan fingerprint density at radius 3 is 2.86 bits per heavy atom. The third kappa shape index (κ3) is 1.31. The number of carbonyl (C=O) groups is 1. The maximum Gasteiger partial charge on any atom is 0.228 e. The molecule has 0 fully saturated rings. The van der Waals surface area contributed by atoms with E-state index in [9.17, 15) is 4.79 Å². The summed E-state index contributed by atoms with van der Waals surface area (Å²) >= 11 is 0. The van der Waals surface area contributed by atoms with Crippen LogP contribution in [0.2, 0.25) is 0 Å². The highest BCUT2D eigenvalue weighted by Crippen LogP contribution is 2.24. The van der Waals surface area contributed by atoms with Gasteiger partial charge in [0, 0.05) is 24.8 Å². The van der Waals surface area contributed by atoms with Crippen LogP contribution < -0.4 is 0 Å². The van der Waals surface area contributed by atoms with Gasteiger partial charge in [0.25, 0.3) is 0 Å². The predicted molar refractivity (Wildman–Crippen MR) is 52.9 cm³/mol. The Hall–Kier alpha value is -1.32. The molecular weight excluding hydrogens is 178 g/mol. The van der Waals surface area contributed by atoms with Crippen molar-refractivity contribution in [2.75, 3.05) is 7.05 Å². The zero-order valence-corrected chi connectivity index (χ0v) is 8.79. The van der Waals surface area contributed by atoms with Crippen molar-refractivity contribution in [3.8, 4) is 0 Å². The van der Waals surface area contributed by atoms with Crippen LogP contribution in [0.25, 0.3) is 0 Å². The average molecular weight is 193 g/mol. The fourth-order valence-electron chi connectivity index (χ4n) is 1.83. The van der Waals surface area contributed by atoms with Crippen LogP contribution in [0, 0.1) is 0 Å². The molecule has 0 spiro atoms. The van der Waals surface area contributed by atoms with Crippen LogP contribution in [0.5, 0.6) is 0 Å². The second-order valence-electron chi connectivity index (χ2n) is 4.15. The van der Waals surface area contributed by atoms with Gasteiger partial charge in [-0.2, -0.15) is 5.10 Å². The van der Waals surface area contributed by atoms with Gasteiger partial charge in [-0.05, 0) is 5.92 Å². The molecule has 1 aromatic rings. The third-order valence-corrected chi connectivity index (χ3v) is 2.68. The molecule has 76 valence electrons. The van der Waals surface area contributed by atoms with Crippen molar-refractivity contribution in [2.24, 2.45) is 0 Å². The molecule has 0 saturated heterocycles. The molecule has 0 saturated carbocycles. The van der Waals surface area contributed by atoms with Gasteiger partial charge in [-0.25, -0.2) is 0 Å². The molecule has 1 aromatic heterocycles. The van der Waals surface area contributed by atoms with E-state index in [0.717, 1.165) is 11.4 Å². The number of hydrogen-bond donors (Lipinski definition) is 1. The molecule has 1 N–H and O–H groups in total. The highest BCUT2D eigenvalue weighted by atomic mass is 16.2. The van der Waals surface area contributed by atoms with E-state index >= 15 is 0 Å². The Bertz CT molecular complexity index is 367. The van der Waals surface area contributed by atoms with E-state index in [2.05, 4.69) is 24.0 Å². The van der Waals surface area contributed by atoms with E-state index in [0.29, 0.717) is 18.9 Å². The van der Waals surface area contributed by atoms with Crippen molar-refractivity contribution >= 4 is 5.91 Å². The van der Waals surface area contributed by atoms with Gasteiger partial charge in [0.1, 0.15) is 0 Å². The molecule has 2 rings (SSSR count). The fourth-order valence-corrected chi connectivity index (χ4v) is 1.83. The van der Waals surface area contributed by atoms with Gasteiger partial charge in [-0.15, -0.1) is 0 Å². The molecule has 14 heavy (non-hydrogen) atoms. The minimum absolute atomic E-state index is 0.163. The Labute approximate surface area is 83.3 Å². The molecule has 0 radical (unpaired) electrons. The van der Waals surface area contributed by atoms with Gasteiger partial charge in [0.2, 0.25) is 5.91 Å². The van der Waals surface area contributed by atoms with E-state index in [-0.39, 0.29) is 5.91 Å². The summed E-state index contributed by atoms with van der Waals surface area (Å²) in [6.07, 6.45) is 0.464. The van der Waals surface area contributed by atoms with Crippen LogP contribution in [-0.2, 0) is 17.8 Å². The smallest absolute Gasteiger partial charge is 0.228 e. The summed E-state index contributed by atoms with van der Waals surface area (Å²) in [4.78, 5) is 13.2. The number of nitrogens with one attached hydrogen (secondary N) is 1. The van der Waals surface area contributed by atoms with Crippen LogP contribution in [-0.4, -0.2) is 28.1 Å². The maximum atomic E-state index is 11.4. The molecule has 4 heteroatoms. The molecule has 0 aromatic carbocycles. The number of amides is 1. The topological polar surface area (TPSA) is 49.0 Å². The second-order valence-corrected chi connectivity index (χ2v) is 4.15. The fraction of sp³-hybridized carbons (Fsp3) is 0.600. The summed E-state index contributed by atoms with van der Waals surface area (Å²) in [6.45, 7) is 4.93. The third-order valence-electron chi connectivity index (χ3n) is 2.68. The molecule has 1 amide bonds. The SMILES string of the molecule is CC(C)c1n[nH]c2c1CN(C)C(=O)C2. The van der Waals surface area contributed by atoms with Crippen molar-refractivity contribution in [1.29, 1.82) is 0 Å². The molecular formula is C10H15N3O. The lowest BCUT2D eigenvalue weighted by molar-refractivity contribution is -0.130. The molecule has 0 aliphatic carbocycles. The Kier molecular flexibility index (Phi) is 2.06. The number of fused-ring (bicyclic) bond motifs is 1. The lowest BCUT2D eigenvalue weighted by Crippen LogP contribution is -2.32. The Morgan fingerprint density at radius 2 is 2.21 bits per heavy atom. The van der Waals surface area contributed by atoms with E-state index in [4.69, 9.17) is 0 Å². The quantitative estimate of drug-likeness (QED) is 0.724. The number of rotatable bonds is 1. The van der Waals surface area contributed by atoms with E-state index < -0.39 is 0 Å². The summed E-state index contributed by atoms with van der Waals surface area (Å²) in [5, 5.41) is 7.22. The Morgan fingerprint density at radius 1 is 1.50 bits per heavy atom. The number of H-pyrrole nitrogens is 1. The normalized spacial score (nSPS) is 16.3. The van der Waals surface area contributed by atoms with E-state index in [1.807, 2.05) is 7.05 Å². The molecule has 0 bridgehead atoms. The van der Waals surface area contributed by atoms with Gasteiger partial charge in [0.05, 0.1) is 12.1 Å². The molecule has 0 atom stereocenters. The second kappa shape index (κ2) is 3.12. The maximum absolute atomic E-state index is 11.4. The first-order valence-electron chi connectivity index (χ1n) is 4.89. The van der Waals surface area contributed by atoms with Crippen LogP contribution in [0.3, 0.4) is 0 Å². The van der Waals surface area contributed by atoms with Crippen molar-refractivity contribution in [1.82, 2.24) is 15.1 Å². The van der Waals surface area contributed by atoms with Gasteiger partial charge in [-0.1, -0.05) is 13.8 Å². The van der Waals surface area contributed by atoms with Crippen molar-refractivity contribution in [2.45, 2.75) is 32.7 Å². The van der Waals surface area contributed by atoms with Gasteiger partial charge in [-0.3, -0.25) is 9.89 Å². The highest BCUT2D eigenvalue weighted by Gasteiger charge is 2.25. The zero-order chi connectivity index (χ0) is 10.3. The average Bonchev–Trinajstić information content (AvgIpc) is 2.48. The summed E-state index contributed by atoms with van der Waals surface area (Å²) in [5.74, 6) is 0.577. The molecule has 1 aliphatic rings. The number of hydrogen-bond acceptors (Lipinski definition) is 2. The van der Waals surface area contributed by atoms with Crippen molar-refractivity contribution in [3.05, 3.63) is 17.0 Å². The number of aromatic amines is 1. The predicted octanol–water partition coefficient (Wildman–Crippen LogP) is 1.05. The summed E-state index contributed by atoms with van der Waals surface area (Å²) in [6, 6.07) is 0. The minimum atomic E-state index is 0.163. The first-order chi connectivity index (χ1) is 6.59. The monoisotopic (exact) mass is 193 g/mol. The summed E-state index contributed by atoms with van der Waals surface area (Å²) in [7, 11) is 1.84. The lowest BCUT2D eigenvalue weighted by Gasteiger charge is -2.23. The molecule has 4 nitrogen and oxygen atoms in total. The Balaban J connectivity index is 2.40. The summed E-state index contributed by atoms with van der Waals surface area (Å²) in [5.41, 5.74) is 3.30. The number of likely N-dealkylation sites (N-methyl/N-ethyl adjacent to an activating group) is 1. The lowest BCUT2D eigenvalue weighted by atomic mass is 9.99. The molecule has 1 aliphatic heterocycles. The van der Waals surface area contributed by atoms with Crippen LogP contribution >= 0.6 is 0 Å².